The molecule has 0 bridgehead atoms. The molecule has 0 aliphatic rings. The Balaban J connectivity index is 2.45. The lowest BCUT2D eigenvalue weighted by atomic mass is 10.0. The molecular weight excluding hydrogens is 304 g/mol. The number of carbonyl (C=O) groups excluding carboxylic acids is 1. The van der Waals surface area contributed by atoms with Crippen LogP contribution in [0.25, 0.3) is 17.0 Å². The zero-order chi connectivity index (χ0) is 17.7. The van der Waals surface area contributed by atoms with Crippen molar-refractivity contribution in [2.24, 2.45) is 7.05 Å². The van der Waals surface area contributed by atoms with Crippen molar-refractivity contribution in [1.82, 2.24) is 9.47 Å². The fourth-order valence-electron chi connectivity index (χ4n) is 2.85. The largest absolute Gasteiger partial charge is 0.496 e. The van der Waals surface area contributed by atoms with Crippen molar-refractivity contribution in [3.63, 3.8) is 0 Å². The number of nitrogens with zero attached hydrogens (tertiary/aromatic N) is 2. The van der Waals surface area contributed by atoms with Gasteiger partial charge in [0.05, 0.1) is 26.2 Å². The van der Waals surface area contributed by atoms with E-state index in [1.807, 2.05) is 31.3 Å². The summed E-state index contributed by atoms with van der Waals surface area (Å²) in [5, 5.41) is 1.14. The van der Waals surface area contributed by atoms with Crippen LogP contribution in [0.15, 0.2) is 24.4 Å². The maximum atomic E-state index is 11.3. The van der Waals surface area contributed by atoms with E-state index in [1.54, 1.807) is 7.11 Å². The van der Waals surface area contributed by atoms with E-state index in [-0.39, 0.29) is 12.4 Å². The van der Waals surface area contributed by atoms with Crippen molar-refractivity contribution in [1.29, 1.82) is 0 Å². The van der Waals surface area contributed by atoms with E-state index in [4.69, 9.17) is 4.74 Å². The molecule has 24 heavy (non-hydrogen) atoms. The van der Waals surface area contributed by atoms with Gasteiger partial charge in [0.25, 0.3) is 0 Å². The minimum absolute atomic E-state index is 0.241. The summed E-state index contributed by atoms with van der Waals surface area (Å²) in [5.74, 6) is 0.638. The molecule has 1 aromatic heterocycles. The number of hydrogen-bond acceptors (Lipinski definition) is 4. The van der Waals surface area contributed by atoms with Gasteiger partial charge in [-0.25, -0.2) is 0 Å². The number of aryl methyl sites for hydroxylation is 1. The summed E-state index contributed by atoms with van der Waals surface area (Å²) in [6.45, 7) is 0.977. The van der Waals surface area contributed by atoms with Gasteiger partial charge in [-0.05, 0) is 43.8 Å². The number of fused-ring (bicyclic) bond motifs is 1. The molecule has 5 nitrogen and oxygen atoms in total. The van der Waals surface area contributed by atoms with Crippen LogP contribution in [0.4, 0.5) is 0 Å². The highest BCUT2D eigenvalue weighted by atomic mass is 16.5. The van der Waals surface area contributed by atoms with Gasteiger partial charge in [-0.2, -0.15) is 0 Å². The van der Waals surface area contributed by atoms with Crippen molar-refractivity contribution < 1.29 is 14.3 Å². The molecule has 2 aromatic rings. The summed E-state index contributed by atoms with van der Waals surface area (Å²) < 4.78 is 12.4. The van der Waals surface area contributed by atoms with Crippen molar-refractivity contribution in [2.75, 3.05) is 34.9 Å². The first kappa shape index (κ1) is 18.1. The zero-order valence-corrected chi connectivity index (χ0v) is 15.1. The molecule has 0 aliphatic carbocycles. The molecule has 0 saturated heterocycles. The highest BCUT2D eigenvalue weighted by Gasteiger charge is 2.14. The molecule has 0 N–H and O–H groups in total. The van der Waals surface area contributed by atoms with E-state index in [0.29, 0.717) is 0 Å². The number of ether oxygens (including phenoxy) is 2. The normalized spacial score (nSPS) is 11.6. The number of aromatic nitrogens is 1. The molecule has 0 amide bonds. The molecular formula is C19H26N2O3. The molecule has 0 aliphatic heterocycles. The van der Waals surface area contributed by atoms with Crippen molar-refractivity contribution in [3.05, 3.63) is 35.5 Å². The molecule has 1 aromatic carbocycles. The summed E-state index contributed by atoms with van der Waals surface area (Å²) in [7, 11) is 9.28. The van der Waals surface area contributed by atoms with E-state index in [0.717, 1.165) is 35.2 Å². The molecule has 0 radical (unpaired) electrons. The highest BCUT2D eigenvalue weighted by molar-refractivity contribution is 5.96. The number of benzene rings is 1. The molecule has 0 atom stereocenters. The third kappa shape index (κ3) is 3.97. The Morgan fingerprint density at radius 3 is 2.67 bits per heavy atom. The van der Waals surface area contributed by atoms with Gasteiger partial charge < -0.3 is 18.9 Å². The molecule has 130 valence electrons. The fourth-order valence-corrected chi connectivity index (χ4v) is 2.85. The first-order chi connectivity index (χ1) is 11.5. The number of rotatable bonds is 7. The van der Waals surface area contributed by atoms with Crippen molar-refractivity contribution in [3.8, 4) is 5.75 Å². The van der Waals surface area contributed by atoms with E-state index >= 15 is 0 Å². The van der Waals surface area contributed by atoms with Crippen molar-refractivity contribution >= 4 is 22.9 Å². The maximum Gasteiger partial charge on any atom is 0.309 e. The molecule has 0 unspecified atom stereocenters. The zero-order valence-electron chi connectivity index (χ0n) is 15.1. The van der Waals surface area contributed by atoms with E-state index < -0.39 is 0 Å². The van der Waals surface area contributed by atoms with E-state index in [1.165, 1.54) is 12.7 Å². The Morgan fingerprint density at radius 2 is 2.04 bits per heavy atom. The van der Waals surface area contributed by atoms with Crippen LogP contribution in [0.2, 0.25) is 0 Å². The lowest BCUT2D eigenvalue weighted by molar-refractivity contribution is -0.139. The second kappa shape index (κ2) is 8.02. The van der Waals surface area contributed by atoms with Gasteiger partial charge in [0.2, 0.25) is 0 Å². The Labute approximate surface area is 143 Å². The first-order valence-corrected chi connectivity index (χ1v) is 8.01. The van der Waals surface area contributed by atoms with Gasteiger partial charge in [-0.3, -0.25) is 4.79 Å². The lowest BCUT2D eigenvalue weighted by Gasteiger charge is -2.10. The first-order valence-electron chi connectivity index (χ1n) is 8.01. The third-order valence-electron chi connectivity index (χ3n) is 4.05. The maximum absolute atomic E-state index is 11.3. The van der Waals surface area contributed by atoms with Crippen LogP contribution >= 0.6 is 0 Å². The van der Waals surface area contributed by atoms with Crippen LogP contribution in [-0.2, 0) is 23.0 Å². The lowest BCUT2D eigenvalue weighted by Crippen LogP contribution is -2.14. The predicted octanol–water partition coefficient (Wildman–Crippen LogP) is 2.87. The number of methoxy groups -OCH3 is 2. The Hall–Kier alpha value is -2.27. The summed E-state index contributed by atoms with van der Waals surface area (Å²) in [5.41, 5.74) is 3.44. The molecule has 0 spiro atoms. The van der Waals surface area contributed by atoms with Gasteiger partial charge in [-0.15, -0.1) is 0 Å². The average molecular weight is 330 g/mol. The summed E-state index contributed by atoms with van der Waals surface area (Å²) >= 11 is 0. The molecule has 2 rings (SSSR count). The van der Waals surface area contributed by atoms with Gasteiger partial charge in [0.15, 0.2) is 0 Å². The second-order valence-electron chi connectivity index (χ2n) is 6.08. The number of hydrogen-bond donors (Lipinski definition) is 0. The minimum Gasteiger partial charge on any atom is -0.496 e. The second-order valence-corrected chi connectivity index (χ2v) is 6.08. The van der Waals surface area contributed by atoms with Gasteiger partial charge >= 0.3 is 5.97 Å². The van der Waals surface area contributed by atoms with Gasteiger partial charge in [-0.1, -0.05) is 12.2 Å². The van der Waals surface area contributed by atoms with Gasteiger partial charge in [0, 0.05) is 25.2 Å². The monoisotopic (exact) mass is 330 g/mol. The Morgan fingerprint density at radius 1 is 1.29 bits per heavy atom. The smallest absolute Gasteiger partial charge is 0.309 e. The predicted molar refractivity (Wildman–Crippen MR) is 97.4 cm³/mol. The topological polar surface area (TPSA) is 43.7 Å². The average Bonchev–Trinajstić information content (AvgIpc) is 2.90. The Kier molecular flexibility index (Phi) is 6.04. The van der Waals surface area contributed by atoms with Crippen LogP contribution in [0.5, 0.6) is 5.75 Å². The number of carbonyl (C=O) groups is 1. The van der Waals surface area contributed by atoms with Crippen LogP contribution in [-0.4, -0.2) is 50.3 Å². The molecule has 5 heteroatoms. The summed E-state index contributed by atoms with van der Waals surface area (Å²) in [4.78, 5) is 13.5. The fraction of sp³-hybridized carbons (Fsp3) is 0.421. The molecule has 1 heterocycles. The SMILES string of the molecule is COC(=O)C/C=C/c1ccc(OC)c2c(CCN(C)C)cn(C)c12. The minimum atomic E-state index is -0.241. The van der Waals surface area contributed by atoms with Crippen LogP contribution < -0.4 is 4.74 Å². The highest BCUT2D eigenvalue weighted by Crippen LogP contribution is 2.33. The van der Waals surface area contributed by atoms with E-state index in [9.17, 15) is 4.79 Å². The molecule has 0 saturated carbocycles. The standard InChI is InChI=1S/C19H26N2O3/c1-20(2)12-11-15-13-21(3)19-14(7-6-8-17(22)24-5)9-10-16(23-4)18(15)19/h6-7,9-10,13H,8,11-12H2,1-5H3/b7-6+. The molecule has 0 fully saturated rings. The van der Waals surface area contributed by atoms with Crippen LogP contribution in [0.3, 0.4) is 0 Å². The summed E-state index contributed by atoms with van der Waals surface area (Å²) in [6.07, 6.45) is 7.18. The van der Waals surface area contributed by atoms with Gasteiger partial charge in [0.1, 0.15) is 5.75 Å². The van der Waals surface area contributed by atoms with Crippen LogP contribution in [0, 0.1) is 0 Å². The quantitative estimate of drug-likeness (QED) is 0.732. The van der Waals surface area contributed by atoms with E-state index in [2.05, 4.69) is 34.5 Å². The van der Waals surface area contributed by atoms with Crippen LogP contribution in [0.1, 0.15) is 17.5 Å². The number of likely N-dealkylation sites (N-methyl/N-ethyl adjacent to an activating group) is 1. The van der Waals surface area contributed by atoms with Crippen molar-refractivity contribution in [2.45, 2.75) is 12.8 Å². The Bertz CT molecular complexity index is 745. The summed E-state index contributed by atoms with van der Waals surface area (Å²) in [6, 6.07) is 4.00. The third-order valence-corrected chi connectivity index (χ3v) is 4.05. The number of esters is 1.